The molecule has 1 N–H and O–H groups in total. The first-order valence-electron chi connectivity index (χ1n) is 8.20. The summed E-state index contributed by atoms with van der Waals surface area (Å²) < 4.78 is 11.0. The molecule has 0 bridgehead atoms. The van der Waals surface area contributed by atoms with Gasteiger partial charge in [0.1, 0.15) is 0 Å². The van der Waals surface area contributed by atoms with E-state index in [1.54, 1.807) is 0 Å². The van der Waals surface area contributed by atoms with Gasteiger partial charge in [-0.25, -0.2) is 0 Å². The van der Waals surface area contributed by atoms with Gasteiger partial charge in [-0.05, 0) is 43.6 Å². The second-order valence-electron chi connectivity index (χ2n) is 6.44. The van der Waals surface area contributed by atoms with Gasteiger partial charge in [0.2, 0.25) is 0 Å². The zero-order valence-corrected chi connectivity index (χ0v) is 12.7. The Morgan fingerprint density at radius 2 is 1.62 bits per heavy atom. The summed E-state index contributed by atoms with van der Waals surface area (Å²) in [6, 6.07) is 10.5. The molecule has 2 aliphatic rings. The minimum Gasteiger partial charge on any atom is -0.392 e. The van der Waals surface area contributed by atoms with Crippen molar-refractivity contribution in [3.63, 3.8) is 0 Å². The third-order valence-corrected chi connectivity index (χ3v) is 5.27. The zero-order valence-electron chi connectivity index (χ0n) is 12.7. The third-order valence-electron chi connectivity index (χ3n) is 5.27. The van der Waals surface area contributed by atoms with Crippen LogP contribution >= 0.6 is 0 Å². The zero-order chi connectivity index (χ0) is 14.5. The molecule has 0 saturated carbocycles. The van der Waals surface area contributed by atoms with Crippen LogP contribution in [0.2, 0.25) is 0 Å². The molecule has 1 aromatic rings. The number of aliphatic hydroxyl groups is 1. The lowest BCUT2D eigenvalue weighted by Crippen LogP contribution is -2.45. The first kappa shape index (κ1) is 15.0. The van der Waals surface area contributed by atoms with Gasteiger partial charge in [-0.2, -0.15) is 0 Å². The summed E-state index contributed by atoms with van der Waals surface area (Å²) in [7, 11) is 0. The highest BCUT2D eigenvalue weighted by atomic mass is 16.5. The van der Waals surface area contributed by atoms with Crippen LogP contribution in [0.5, 0.6) is 0 Å². The van der Waals surface area contributed by atoms with E-state index in [-0.39, 0.29) is 11.5 Å². The van der Waals surface area contributed by atoms with Crippen LogP contribution in [0.1, 0.15) is 37.7 Å². The van der Waals surface area contributed by atoms with Crippen molar-refractivity contribution in [2.75, 3.05) is 26.4 Å². The van der Waals surface area contributed by atoms with Crippen molar-refractivity contribution in [3.05, 3.63) is 35.9 Å². The Balaban J connectivity index is 1.78. The largest absolute Gasteiger partial charge is 0.392 e. The number of aliphatic hydroxyl groups excluding tert-OH is 1. The molecule has 0 radical (unpaired) electrons. The average molecular weight is 290 g/mol. The minimum atomic E-state index is -0.285. The molecule has 1 unspecified atom stereocenters. The van der Waals surface area contributed by atoms with Crippen LogP contribution in [0.3, 0.4) is 0 Å². The van der Waals surface area contributed by atoms with Crippen LogP contribution in [-0.2, 0) is 14.9 Å². The summed E-state index contributed by atoms with van der Waals surface area (Å²) >= 11 is 0. The van der Waals surface area contributed by atoms with Crippen molar-refractivity contribution >= 4 is 0 Å². The maximum atomic E-state index is 11.0. The first-order valence-corrected chi connectivity index (χ1v) is 8.20. The van der Waals surface area contributed by atoms with Gasteiger partial charge in [0.15, 0.2) is 0 Å². The van der Waals surface area contributed by atoms with Crippen molar-refractivity contribution in [2.45, 2.75) is 43.6 Å². The normalized spacial score (nSPS) is 24.6. The van der Waals surface area contributed by atoms with E-state index < -0.39 is 0 Å². The Bertz CT molecular complexity index is 419. The molecule has 1 atom stereocenters. The van der Waals surface area contributed by atoms with Crippen molar-refractivity contribution < 1.29 is 14.6 Å². The second-order valence-corrected chi connectivity index (χ2v) is 6.44. The molecular weight excluding hydrogens is 264 g/mol. The molecule has 3 rings (SSSR count). The summed E-state index contributed by atoms with van der Waals surface area (Å²) in [5.74, 6) is 0.595. The molecule has 2 aliphatic heterocycles. The quantitative estimate of drug-likeness (QED) is 0.926. The number of benzene rings is 1. The van der Waals surface area contributed by atoms with Crippen LogP contribution in [0.25, 0.3) is 0 Å². The van der Waals surface area contributed by atoms with Crippen LogP contribution in [0.4, 0.5) is 0 Å². The van der Waals surface area contributed by atoms with Crippen LogP contribution in [-0.4, -0.2) is 37.6 Å². The van der Waals surface area contributed by atoms with Gasteiger partial charge in [-0.1, -0.05) is 30.3 Å². The fourth-order valence-electron chi connectivity index (χ4n) is 3.84. The van der Waals surface area contributed by atoms with Crippen molar-refractivity contribution in [1.29, 1.82) is 0 Å². The lowest BCUT2D eigenvalue weighted by atomic mass is 9.67. The molecule has 0 aromatic heterocycles. The Hall–Kier alpha value is -0.900. The molecule has 0 aliphatic carbocycles. The highest BCUT2D eigenvalue weighted by Gasteiger charge is 2.41. The van der Waals surface area contributed by atoms with Crippen molar-refractivity contribution in [2.24, 2.45) is 5.92 Å². The first-order chi connectivity index (χ1) is 10.3. The van der Waals surface area contributed by atoms with Crippen molar-refractivity contribution in [3.8, 4) is 0 Å². The van der Waals surface area contributed by atoms with E-state index in [1.807, 2.05) is 6.07 Å². The Morgan fingerprint density at radius 1 is 1.00 bits per heavy atom. The maximum Gasteiger partial charge on any atom is 0.0641 e. The SMILES string of the molecule is OC(CC1CCOCC1)C1(c2ccccc2)CCOCC1. The van der Waals surface area contributed by atoms with Crippen LogP contribution in [0, 0.1) is 5.92 Å². The van der Waals surface area contributed by atoms with E-state index in [1.165, 1.54) is 5.56 Å². The molecule has 21 heavy (non-hydrogen) atoms. The molecule has 1 aromatic carbocycles. The van der Waals surface area contributed by atoms with Gasteiger partial charge in [-0.3, -0.25) is 0 Å². The lowest BCUT2D eigenvalue weighted by molar-refractivity contribution is -0.0340. The van der Waals surface area contributed by atoms with E-state index in [4.69, 9.17) is 9.47 Å². The predicted molar refractivity (Wildman–Crippen MR) is 82.3 cm³/mol. The van der Waals surface area contributed by atoms with Crippen molar-refractivity contribution in [1.82, 2.24) is 0 Å². The molecule has 2 heterocycles. The number of ether oxygens (including phenoxy) is 2. The van der Waals surface area contributed by atoms with E-state index in [0.29, 0.717) is 5.92 Å². The number of hydrogen-bond acceptors (Lipinski definition) is 3. The fourth-order valence-corrected chi connectivity index (χ4v) is 3.84. The number of rotatable bonds is 4. The standard InChI is InChI=1S/C18H26O3/c19-17(14-15-6-10-20-11-7-15)18(8-12-21-13-9-18)16-4-2-1-3-5-16/h1-5,15,17,19H,6-14H2. The third kappa shape index (κ3) is 3.31. The topological polar surface area (TPSA) is 38.7 Å². The molecule has 0 amide bonds. The van der Waals surface area contributed by atoms with Gasteiger partial charge < -0.3 is 14.6 Å². The van der Waals surface area contributed by atoms with Crippen LogP contribution in [0.15, 0.2) is 30.3 Å². The summed E-state index contributed by atoms with van der Waals surface area (Å²) in [5, 5.41) is 11.0. The monoisotopic (exact) mass is 290 g/mol. The Labute approximate surface area is 127 Å². The van der Waals surface area contributed by atoms with E-state index in [9.17, 15) is 5.11 Å². The average Bonchev–Trinajstić information content (AvgIpc) is 2.57. The second kappa shape index (κ2) is 6.91. The molecule has 0 spiro atoms. The molecule has 116 valence electrons. The van der Waals surface area contributed by atoms with E-state index in [2.05, 4.69) is 24.3 Å². The van der Waals surface area contributed by atoms with Gasteiger partial charge in [0.25, 0.3) is 0 Å². The molecule has 2 saturated heterocycles. The van der Waals surface area contributed by atoms with Gasteiger partial charge in [-0.15, -0.1) is 0 Å². The lowest BCUT2D eigenvalue weighted by Gasteiger charge is -2.43. The van der Waals surface area contributed by atoms with E-state index in [0.717, 1.165) is 58.5 Å². The Kier molecular flexibility index (Phi) is 4.94. The maximum absolute atomic E-state index is 11.0. The predicted octanol–water partition coefficient (Wildman–Crippen LogP) is 2.91. The van der Waals surface area contributed by atoms with Crippen LogP contribution < -0.4 is 0 Å². The highest BCUT2D eigenvalue weighted by Crippen LogP contribution is 2.41. The minimum absolute atomic E-state index is 0.127. The highest BCUT2D eigenvalue weighted by molar-refractivity contribution is 5.27. The fraction of sp³-hybridized carbons (Fsp3) is 0.667. The summed E-state index contributed by atoms with van der Waals surface area (Å²) in [6.07, 6.45) is 4.60. The van der Waals surface area contributed by atoms with Gasteiger partial charge in [0.05, 0.1) is 6.10 Å². The molecule has 3 heteroatoms. The van der Waals surface area contributed by atoms with Gasteiger partial charge in [0, 0.05) is 31.8 Å². The molecule has 3 nitrogen and oxygen atoms in total. The summed E-state index contributed by atoms with van der Waals surface area (Å²) in [6.45, 7) is 3.19. The molecular formula is C18H26O3. The Morgan fingerprint density at radius 3 is 2.29 bits per heavy atom. The summed E-state index contributed by atoms with van der Waals surface area (Å²) in [5.41, 5.74) is 1.14. The van der Waals surface area contributed by atoms with Gasteiger partial charge >= 0.3 is 0 Å². The summed E-state index contributed by atoms with van der Waals surface area (Å²) in [4.78, 5) is 0. The number of hydrogen-bond donors (Lipinski definition) is 1. The van der Waals surface area contributed by atoms with E-state index >= 15 is 0 Å². The smallest absolute Gasteiger partial charge is 0.0641 e. The molecule has 2 fully saturated rings.